The first-order valence-electron chi connectivity index (χ1n) is 5.70. The molecule has 4 nitrogen and oxygen atoms in total. The maximum atomic E-state index is 10.3. The van der Waals surface area contributed by atoms with Crippen LogP contribution in [0.15, 0.2) is 33.9 Å². The molecule has 88 valence electrons. The van der Waals surface area contributed by atoms with Crippen LogP contribution in [0.4, 0.5) is 0 Å². The van der Waals surface area contributed by atoms with Crippen LogP contribution in [-0.4, -0.2) is 24.0 Å². The first-order chi connectivity index (χ1) is 8.27. The molecule has 0 spiro atoms. The lowest BCUT2D eigenvalue weighted by Crippen LogP contribution is -2.25. The lowest BCUT2D eigenvalue weighted by atomic mass is 9.99. The minimum atomic E-state index is -0.670. The molecule has 17 heavy (non-hydrogen) atoms. The van der Waals surface area contributed by atoms with E-state index >= 15 is 0 Å². The zero-order chi connectivity index (χ0) is 11.8. The van der Waals surface area contributed by atoms with Crippen molar-refractivity contribution in [1.82, 2.24) is 5.32 Å². The largest absolute Gasteiger partial charge is 0.464 e. The molecule has 1 aliphatic heterocycles. The quantitative estimate of drug-likeness (QED) is 0.826. The van der Waals surface area contributed by atoms with Crippen LogP contribution in [0.3, 0.4) is 0 Å². The Kier molecular flexibility index (Phi) is 2.37. The van der Waals surface area contributed by atoms with Gasteiger partial charge in [-0.25, -0.2) is 0 Å². The third-order valence-corrected chi connectivity index (χ3v) is 3.20. The molecule has 0 fully saturated rings. The number of aliphatic imine (C=N–C) groups is 1. The number of amidine groups is 1. The molecule has 1 unspecified atom stereocenters. The van der Waals surface area contributed by atoms with Crippen molar-refractivity contribution in [1.29, 1.82) is 0 Å². The number of nitrogens with one attached hydrogen (secondary N) is 1. The fourth-order valence-corrected chi connectivity index (χ4v) is 2.25. The van der Waals surface area contributed by atoms with Crippen molar-refractivity contribution in [2.45, 2.75) is 13.0 Å². The summed E-state index contributed by atoms with van der Waals surface area (Å²) in [5, 5.41) is 14.4. The van der Waals surface area contributed by atoms with Gasteiger partial charge in [0.15, 0.2) is 0 Å². The van der Waals surface area contributed by atoms with E-state index in [0.29, 0.717) is 5.84 Å². The third kappa shape index (κ3) is 1.61. The van der Waals surface area contributed by atoms with Crippen molar-refractivity contribution in [3.05, 3.63) is 35.6 Å². The minimum absolute atomic E-state index is 0.663. The fourth-order valence-electron chi connectivity index (χ4n) is 2.25. The standard InChI is InChI=1S/C13H14N2O2/c1-8-9-4-7-17-11(9)3-2-10(8)12(16)13-14-5-6-15-13/h2-4,7,12,16H,5-6H2,1H3,(H,14,15). The van der Waals surface area contributed by atoms with Gasteiger partial charge in [0.05, 0.1) is 12.8 Å². The number of hydrogen-bond donors (Lipinski definition) is 2. The molecule has 0 radical (unpaired) electrons. The van der Waals surface area contributed by atoms with Gasteiger partial charge < -0.3 is 14.8 Å². The molecular formula is C13H14N2O2. The predicted octanol–water partition coefficient (Wildman–Crippen LogP) is 1.78. The molecule has 0 saturated carbocycles. The van der Waals surface area contributed by atoms with E-state index in [1.807, 2.05) is 25.1 Å². The Balaban J connectivity index is 2.07. The Labute approximate surface area is 99.0 Å². The molecular weight excluding hydrogens is 216 g/mol. The highest BCUT2D eigenvalue weighted by atomic mass is 16.3. The topological polar surface area (TPSA) is 57.8 Å². The number of aliphatic hydroxyl groups is 1. The van der Waals surface area contributed by atoms with Gasteiger partial charge in [-0.3, -0.25) is 4.99 Å². The van der Waals surface area contributed by atoms with E-state index in [1.165, 1.54) is 0 Å². The van der Waals surface area contributed by atoms with Crippen LogP contribution in [0.1, 0.15) is 17.2 Å². The number of nitrogens with zero attached hydrogens (tertiary/aromatic N) is 1. The van der Waals surface area contributed by atoms with Gasteiger partial charge in [-0.05, 0) is 30.2 Å². The normalized spacial score (nSPS) is 16.9. The fraction of sp³-hybridized carbons (Fsp3) is 0.308. The summed E-state index contributed by atoms with van der Waals surface area (Å²) < 4.78 is 5.33. The second kappa shape index (κ2) is 3.89. The average Bonchev–Trinajstić information content (AvgIpc) is 3.00. The molecule has 0 bridgehead atoms. The van der Waals surface area contributed by atoms with Crippen molar-refractivity contribution >= 4 is 16.8 Å². The van der Waals surface area contributed by atoms with Crippen LogP contribution in [0.25, 0.3) is 11.0 Å². The molecule has 0 saturated heterocycles. The van der Waals surface area contributed by atoms with E-state index in [9.17, 15) is 5.11 Å². The number of aryl methyl sites for hydroxylation is 1. The summed E-state index contributed by atoms with van der Waals surface area (Å²) in [4.78, 5) is 4.25. The number of hydrogen-bond acceptors (Lipinski definition) is 4. The van der Waals surface area contributed by atoms with Crippen LogP contribution in [-0.2, 0) is 0 Å². The Morgan fingerprint density at radius 2 is 2.29 bits per heavy atom. The molecule has 3 rings (SSSR count). The van der Waals surface area contributed by atoms with Gasteiger partial charge >= 0.3 is 0 Å². The van der Waals surface area contributed by atoms with Gasteiger partial charge in [0.1, 0.15) is 17.5 Å². The zero-order valence-electron chi connectivity index (χ0n) is 9.60. The highest BCUT2D eigenvalue weighted by molar-refractivity contribution is 5.91. The Hall–Kier alpha value is -1.81. The van der Waals surface area contributed by atoms with Crippen LogP contribution in [0, 0.1) is 6.92 Å². The number of aliphatic hydroxyl groups excluding tert-OH is 1. The SMILES string of the molecule is Cc1c(C(O)C2=NCCN2)ccc2occc12. The average molecular weight is 230 g/mol. The van der Waals surface area contributed by atoms with Gasteiger partial charge in [-0.1, -0.05) is 6.07 Å². The van der Waals surface area contributed by atoms with Crippen LogP contribution < -0.4 is 5.32 Å². The summed E-state index contributed by atoms with van der Waals surface area (Å²) in [5.41, 5.74) is 2.77. The first kappa shape index (κ1) is 10.4. The summed E-state index contributed by atoms with van der Waals surface area (Å²) in [6.07, 6.45) is 0.996. The Morgan fingerprint density at radius 1 is 1.41 bits per heavy atom. The second-order valence-electron chi connectivity index (χ2n) is 4.21. The molecule has 1 atom stereocenters. The van der Waals surface area contributed by atoms with E-state index < -0.39 is 6.10 Å². The van der Waals surface area contributed by atoms with Crippen molar-refractivity contribution in [3.63, 3.8) is 0 Å². The van der Waals surface area contributed by atoms with E-state index in [0.717, 1.165) is 35.2 Å². The van der Waals surface area contributed by atoms with E-state index in [4.69, 9.17) is 4.42 Å². The third-order valence-electron chi connectivity index (χ3n) is 3.20. The van der Waals surface area contributed by atoms with Crippen LogP contribution in [0.2, 0.25) is 0 Å². The molecule has 1 aliphatic rings. The monoisotopic (exact) mass is 230 g/mol. The van der Waals surface area contributed by atoms with Crippen LogP contribution >= 0.6 is 0 Å². The Morgan fingerprint density at radius 3 is 3.06 bits per heavy atom. The summed E-state index contributed by atoms with van der Waals surface area (Å²) in [5.74, 6) is 0.663. The van der Waals surface area contributed by atoms with E-state index in [1.54, 1.807) is 6.26 Å². The lowest BCUT2D eigenvalue weighted by molar-refractivity contribution is 0.243. The summed E-state index contributed by atoms with van der Waals surface area (Å²) in [6, 6.07) is 5.70. The van der Waals surface area contributed by atoms with Gasteiger partial charge in [-0.2, -0.15) is 0 Å². The lowest BCUT2D eigenvalue weighted by Gasteiger charge is -2.14. The highest BCUT2D eigenvalue weighted by Gasteiger charge is 2.20. The molecule has 2 N–H and O–H groups in total. The maximum absolute atomic E-state index is 10.3. The van der Waals surface area contributed by atoms with Crippen molar-refractivity contribution in [2.75, 3.05) is 13.1 Å². The van der Waals surface area contributed by atoms with Gasteiger partial charge in [0.25, 0.3) is 0 Å². The second-order valence-corrected chi connectivity index (χ2v) is 4.21. The molecule has 2 aromatic rings. The minimum Gasteiger partial charge on any atom is -0.464 e. The summed E-state index contributed by atoms with van der Waals surface area (Å²) in [6.45, 7) is 3.53. The van der Waals surface area contributed by atoms with Gasteiger partial charge in [-0.15, -0.1) is 0 Å². The molecule has 0 amide bonds. The van der Waals surface area contributed by atoms with Crippen molar-refractivity contribution in [2.24, 2.45) is 4.99 Å². The summed E-state index contributed by atoms with van der Waals surface area (Å²) in [7, 11) is 0. The predicted molar refractivity (Wildman–Crippen MR) is 66.2 cm³/mol. The molecule has 0 aliphatic carbocycles. The Bertz CT molecular complexity index is 586. The maximum Gasteiger partial charge on any atom is 0.136 e. The molecule has 2 heterocycles. The van der Waals surface area contributed by atoms with Gasteiger partial charge in [0, 0.05) is 11.9 Å². The number of furan rings is 1. The smallest absolute Gasteiger partial charge is 0.136 e. The number of fused-ring (bicyclic) bond motifs is 1. The first-order valence-corrected chi connectivity index (χ1v) is 5.70. The highest BCUT2D eigenvalue weighted by Crippen LogP contribution is 2.27. The number of rotatable bonds is 2. The van der Waals surface area contributed by atoms with E-state index in [-0.39, 0.29) is 0 Å². The molecule has 1 aromatic carbocycles. The molecule has 4 heteroatoms. The van der Waals surface area contributed by atoms with Gasteiger partial charge in [0.2, 0.25) is 0 Å². The van der Waals surface area contributed by atoms with E-state index in [2.05, 4.69) is 10.3 Å². The van der Waals surface area contributed by atoms with Crippen molar-refractivity contribution in [3.8, 4) is 0 Å². The summed E-state index contributed by atoms with van der Waals surface area (Å²) >= 11 is 0. The zero-order valence-corrected chi connectivity index (χ0v) is 9.60. The van der Waals surface area contributed by atoms with Crippen molar-refractivity contribution < 1.29 is 9.52 Å². The van der Waals surface area contributed by atoms with Crippen LogP contribution in [0.5, 0.6) is 0 Å². The molecule has 1 aromatic heterocycles. The number of benzene rings is 1.